The van der Waals surface area contributed by atoms with Crippen molar-refractivity contribution in [3.8, 4) is 0 Å². The molecule has 196 valence electrons. The fourth-order valence-electron chi connectivity index (χ4n) is 2.29. The number of ether oxygens (including phenoxy) is 1. The van der Waals surface area contributed by atoms with Gasteiger partial charge < -0.3 is 56.9 Å². The number of hydrogen-bond acceptors (Lipinski definition) is 14. The summed E-state index contributed by atoms with van der Waals surface area (Å²) < 4.78 is 72.7. The molecule has 0 fully saturated rings. The summed E-state index contributed by atoms with van der Waals surface area (Å²) >= 11 is 0. The SMILES string of the molecule is C=C(C)C(=O)OC(C)[Si](O[Si](OC)(OC)OC)(O[Si](OC)(OC)OC)O[Si](OC)(OC)OC. The van der Waals surface area contributed by atoms with Crippen molar-refractivity contribution >= 4 is 41.9 Å². The second-order valence-corrected chi connectivity index (χ2v) is 17.2. The molecule has 0 aliphatic rings. The summed E-state index contributed by atoms with van der Waals surface area (Å²) in [6.45, 7) is 6.50. The van der Waals surface area contributed by atoms with Gasteiger partial charge >= 0.3 is 41.9 Å². The third-order valence-electron chi connectivity index (χ3n) is 4.18. The number of carbonyl (C=O) groups is 1. The highest BCUT2D eigenvalue weighted by atomic mass is 28.5. The molecule has 0 aromatic carbocycles. The van der Waals surface area contributed by atoms with Crippen LogP contribution in [0.1, 0.15) is 13.8 Å². The van der Waals surface area contributed by atoms with E-state index in [1.54, 1.807) is 0 Å². The third-order valence-corrected chi connectivity index (χ3v) is 16.2. The highest BCUT2D eigenvalue weighted by molar-refractivity contribution is 6.83. The molecule has 0 rings (SSSR count). The molecule has 0 aliphatic carbocycles. The van der Waals surface area contributed by atoms with Crippen molar-refractivity contribution in [1.82, 2.24) is 0 Å². The van der Waals surface area contributed by atoms with Gasteiger partial charge in [0, 0.05) is 69.6 Å². The van der Waals surface area contributed by atoms with Crippen molar-refractivity contribution in [3.63, 3.8) is 0 Å². The van der Waals surface area contributed by atoms with Crippen LogP contribution in [0.5, 0.6) is 0 Å². The third kappa shape index (κ3) is 8.06. The zero-order valence-electron chi connectivity index (χ0n) is 21.0. The molecular weight excluding hydrogens is 516 g/mol. The lowest BCUT2D eigenvalue weighted by Crippen LogP contribution is -2.73. The predicted octanol–water partition coefficient (Wildman–Crippen LogP) is 0.147. The summed E-state index contributed by atoms with van der Waals surface area (Å²) in [7, 11) is -4.75. The van der Waals surface area contributed by atoms with E-state index in [1.807, 2.05) is 0 Å². The van der Waals surface area contributed by atoms with Crippen LogP contribution in [0.25, 0.3) is 0 Å². The van der Waals surface area contributed by atoms with E-state index in [0.29, 0.717) is 0 Å². The minimum Gasteiger partial charge on any atom is -0.455 e. The number of rotatable bonds is 18. The molecule has 33 heavy (non-hydrogen) atoms. The summed E-state index contributed by atoms with van der Waals surface area (Å²) in [6, 6.07) is 0. The Labute approximate surface area is 199 Å². The van der Waals surface area contributed by atoms with Gasteiger partial charge in [0.1, 0.15) is 0 Å². The quantitative estimate of drug-likeness (QED) is 0.129. The van der Waals surface area contributed by atoms with E-state index >= 15 is 0 Å². The minimum absolute atomic E-state index is 0.112. The van der Waals surface area contributed by atoms with Gasteiger partial charge in [-0.1, -0.05) is 6.58 Å². The topological polar surface area (TPSA) is 137 Å². The molecule has 0 N–H and O–H groups in total. The Morgan fingerprint density at radius 2 is 0.848 bits per heavy atom. The summed E-state index contributed by atoms with van der Waals surface area (Å²) in [6.07, 6.45) is 0. The van der Waals surface area contributed by atoms with Crippen LogP contribution >= 0.6 is 0 Å². The maximum atomic E-state index is 12.4. The number of carbonyl (C=O) groups excluding carboxylic acids is 1. The van der Waals surface area contributed by atoms with Gasteiger partial charge in [0.25, 0.3) is 0 Å². The van der Waals surface area contributed by atoms with Crippen molar-refractivity contribution in [2.24, 2.45) is 0 Å². The fraction of sp³-hybridized carbons (Fsp3) is 0.800. The van der Waals surface area contributed by atoms with Gasteiger partial charge in [-0.3, -0.25) is 0 Å². The summed E-state index contributed by atoms with van der Waals surface area (Å²) in [5.74, 6) is -0.756. The molecule has 0 spiro atoms. The molecule has 18 heteroatoms. The zero-order valence-corrected chi connectivity index (χ0v) is 25.0. The van der Waals surface area contributed by atoms with Gasteiger partial charge in [-0.2, -0.15) is 0 Å². The number of hydrogen-bond donors (Lipinski definition) is 0. The Morgan fingerprint density at radius 1 is 0.606 bits per heavy atom. The Balaban J connectivity index is 7.02. The summed E-state index contributed by atoms with van der Waals surface area (Å²) in [5, 5.41) is 0. The Kier molecular flexibility index (Phi) is 14.1. The van der Waals surface area contributed by atoms with Gasteiger partial charge in [0.15, 0.2) is 5.73 Å². The minimum atomic E-state index is -4.53. The highest BCUT2D eigenvalue weighted by Gasteiger charge is 2.70. The average Bonchev–Trinajstić information content (AvgIpc) is 2.84. The molecular formula is C15H36O14Si4. The van der Waals surface area contributed by atoms with Crippen molar-refractivity contribution in [2.45, 2.75) is 19.6 Å². The Hall–Kier alpha value is -0.402. The van der Waals surface area contributed by atoms with E-state index in [0.717, 1.165) is 0 Å². The van der Waals surface area contributed by atoms with Gasteiger partial charge in [0.2, 0.25) is 0 Å². The van der Waals surface area contributed by atoms with E-state index in [-0.39, 0.29) is 5.57 Å². The van der Waals surface area contributed by atoms with Crippen LogP contribution in [0.2, 0.25) is 0 Å². The van der Waals surface area contributed by atoms with E-state index in [4.69, 9.17) is 56.9 Å². The smallest absolute Gasteiger partial charge is 0.455 e. The van der Waals surface area contributed by atoms with E-state index in [1.165, 1.54) is 77.8 Å². The van der Waals surface area contributed by atoms with Crippen molar-refractivity contribution in [1.29, 1.82) is 0 Å². The van der Waals surface area contributed by atoms with E-state index in [9.17, 15) is 4.79 Å². The first kappa shape index (κ1) is 32.6. The molecule has 0 aromatic heterocycles. The molecule has 1 atom stereocenters. The fourth-order valence-corrected chi connectivity index (χ4v) is 14.8. The monoisotopic (exact) mass is 552 g/mol. The first-order valence-corrected chi connectivity index (χ1v) is 16.1. The normalized spacial score (nSPS) is 14.3. The molecule has 0 bridgehead atoms. The average molecular weight is 553 g/mol. The molecule has 0 saturated heterocycles. The van der Waals surface area contributed by atoms with Crippen molar-refractivity contribution in [3.05, 3.63) is 12.2 Å². The molecule has 0 amide bonds. The van der Waals surface area contributed by atoms with Crippen LogP contribution in [-0.4, -0.2) is 112 Å². The van der Waals surface area contributed by atoms with Gasteiger partial charge in [-0.15, -0.1) is 0 Å². The summed E-state index contributed by atoms with van der Waals surface area (Å²) in [5.41, 5.74) is -1.16. The maximum Gasteiger partial charge on any atom is 0.671 e. The first-order valence-electron chi connectivity index (χ1n) is 9.35. The zero-order chi connectivity index (χ0) is 25.9. The molecule has 0 aromatic rings. The molecule has 1 unspecified atom stereocenters. The molecule has 0 saturated carbocycles. The second-order valence-electron chi connectivity index (χ2n) is 6.07. The number of esters is 1. The van der Waals surface area contributed by atoms with Crippen LogP contribution in [0.4, 0.5) is 0 Å². The Bertz CT molecular complexity index is 532. The standard InChI is InChI=1S/C15H36O14Si4/c1-13(2)15(16)26-14(3)30(27-31(17-4,18-5)19-6,28-32(20-7,21-8)22-9)29-33(23-10,24-11)25-12/h14H,1H2,2-12H3. The van der Waals surface area contributed by atoms with Crippen LogP contribution < -0.4 is 0 Å². The van der Waals surface area contributed by atoms with Crippen LogP contribution in [-0.2, 0) is 61.7 Å². The van der Waals surface area contributed by atoms with E-state index in [2.05, 4.69) is 6.58 Å². The van der Waals surface area contributed by atoms with E-state index < -0.39 is 47.6 Å². The molecule has 0 heterocycles. The predicted molar refractivity (Wildman–Crippen MR) is 120 cm³/mol. The summed E-state index contributed by atoms with van der Waals surface area (Å²) in [4.78, 5) is 12.4. The van der Waals surface area contributed by atoms with Gasteiger partial charge in [-0.25, -0.2) is 4.79 Å². The molecule has 14 nitrogen and oxygen atoms in total. The van der Waals surface area contributed by atoms with Crippen LogP contribution in [0, 0.1) is 0 Å². The lowest BCUT2D eigenvalue weighted by Gasteiger charge is -2.43. The largest absolute Gasteiger partial charge is 0.671 e. The molecule has 0 aliphatic heterocycles. The van der Waals surface area contributed by atoms with Crippen molar-refractivity contribution in [2.75, 3.05) is 64.0 Å². The maximum absolute atomic E-state index is 12.4. The molecule has 0 radical (unpaired) electrons. The van der Waals surface area contributed by atoms with Crippen LogP contribution in [0.15, 0.2) is 12.2 Å². The van der Waals surface area contributed by atoms with Crippen molar-refractivity contribution < 1.29 is 61.7 Å². The first-order chi connectivity index (χ1) is 15.4. The lowest BCUT2D eigenvalue weighted by molar-refractivity contribution is -0.143. The second kappa shape index (κ2) is 14.2. The Morgan fingerprint density at radius 3 is 1.03 bits per heavy atom. The lowest BCUT2D eigenvalue weighted by atomic mass is 10.4. The highest BCUT2D eigenvalue weighted by Crippen LogP contribution is 2.32. The van der Waals surface area contributed by atoms with Crippen LogP contribution in [0.3, 0.4) is 0 Å². The van der Waals surface area contributed by atoms with Gasteiger partial charge in [0.05, 0.1) is 0 Å². The van der Waals surface area contributed by atoms with Gasteiger partial charge in [-0.05, 0) is 13.8 Å².